The van der Waals surface area contributed by atoms with Gasteiger partial charge in [-0.15, -0.1) is 0 Å². The van der Waals surface area contributed by atoms with Gasteiger partial charge in [-0.25, -0.2) is 9.97 Å². The molecule has 5 rings (SSSR count). The molecule has 1 unspecified atom stereocenters. The summed E-state index contributed by atoms with van der Waals surface area (Å²) in [4.78, 5) is 36.2. The molecule has 192 valence electrons. The van der Waals surface area contributed by atoms with E-state index in [1.54, 1.807) is 37.4 Å². The number of rotatable bonds is 7. The van der Waals surface area contributed by atoms with Crippen LogP contribution in [-0.4, -0.2) is 52.5 Å². The highest BCUT2D eigenvalue weighted by molar-refractivity contribution is 6.33. The molecule has 2 amide bonds. The molecular weight excluding hydrogens is 496 g/mol. The number of carbonyl (C=O) groups is 2. The Morgan fingerprint density at radius 1 is 1.30 bits per heavy atom. The summed E-state index contributed by atoms with van der Waals surface area (Å²) in [5.41, 5.74) is 2.97. The van der Waals surface area contributed by atoms with E-state index in [1.165, 1.54) is 11.1 Å². The number of fused-ring (bicyclic) bond motifs is 1. The van der Waals surface area contributed by atoms with E-state index >= 15 is 0 Å². The highest BCUT2D eigenvalue weighted by Gasteiger charge is 2.30. The zero-order valence-corrected chi connectivity index (χ0v) is 21.1. The van der Waals surface area contributed by atoms with Crippen molar-refractivity contribution in [1.29, 1.82) is 0 Å². The highest BCUT2D eigenvalue weighted by atomic mass is 35.5. The first-order chi connectivity index (χ1) is 17.9. The number of amides is 2. The quantitative estimate of drug-likeness (QED) is 0.361. The summed E-state index contributed by atoms with van der Waals surface area (Å²) in [6, 6.07) is 10.2. The third kappa shape index (κ3) is 5.50. The number of anilines is 1. The van der Waals surface area contributed by atoms with Gasteiger partial charge in [-0.2, -0.15) is 4.73 Å². The standard InChI is InChI=1S/C26H27ClN6O4/c1-16(22-4-2-3-9-33(22)36)29-23(34)15-32-14-18-6-5-17(12-20(18)25(32)35)24-21(27)13-28-26(31-24)30-19-7-10-37-11-8-19/h2-6,9,12-13,16,19H,7-8,10-11,14-15H2,1H3,(H,29,34)(H,28,30,31). The van der Waals surface area contributed by atoms with Gasteiger partial charge in [0.25, 0.3) is 5.91 Å². The maximum Gasteiger partial charge on any atom is 0.254 e. The summed E-state index contributed by atoms with van der Waals surface area (Å²) in [5.74, 6) is -0.118. The van der Waals surface area contributed by atoms with Crippen LogP contribution in [0.15, 0.2) is 48.8 Å². The molecule has 1 saturated heterocycles. The van der Waals surface area contributed by atoms with Crippen molar-refractivity contribution >= 4 is 29.4 Å². The first-order valence-electron chi connectivity index (χ1n) is 12.2. The minimum Gasteiger partial charge on any atom is -0.618 e. The summed E-state index contributed by atoms with van der Waals surface area (Å²) in [5, 5.41) is 18.5. The minimum atomic E-state index is -0.498. The fraction of sp³-hybridized carbons (Fsp3) is 0.346. The van der Waals surface area contributed by atoms with Crippen LogP contribution in [0, 0.1) is 5.21 Å². The van der Waals surface area contributed by atoms with E-state index < -0.39 is 6.04 Å². The number of benzene rings is 1. The Kier molecular flexibility index (Phi) is 7.20. The summed E-state index contributed by atoms with van der Waals surface area (Å²) < 4.78 is 6.12. The van der Waals surface area contributed by atoms with Gasteiger partial charge < -0.3 is 25.5 Å². The van der Waals surface area contributed by atoms with Crippen LogP contribution in [0.3, 0.4) is 0 Å². The lowest BCUT2D eigenvalue weighted by Crippen LogP contribution is -2.42. The van der Waals surface area contributed by atoms with E-state index in [0.29, 0.717) is 58.0 Å². The normalized spacial score (nSPS) is 16.4. The summed E-state index contributed by atoms with van der Waals surface area (Å²) in [6.07, 6.45) is 4.68. The molecule has 0 radical (unpaired) electrons. The van der Waals surface area contributed by atoms with Gasteiger partial charge in [0.2, 0.25) is 17.5 Å². The number of carbonyl (C=O) groups excluding carboxylic acids is 2. The molecular formula is C26H27ClN6O4. The van der Waals surface area contributed by atoms with Crippen LogP contribution in [0.5, 0.6) is 0 Å². The van der Waals surface area contributed by atoms with Gasteiger partial charge in [0.15, 0.2) is 6.20 Å². The zero-order chi connectivity index (χ0) is 25.9. The van der Waals surface area contributed by atoms with Crippen molar-refractivity contribution in [3.63, 3.8) is 0 Å². The number of pyridine rings is 1. The maximum absolute atomic E-state index is 13.1. The fourth-order valence-electron chi connectivity index (χ4n) is 4.61. The van der Waals surface area contributed by atoms with Crippen LogP contribution in [0.25, 0.3) is 11.3 Å². The molecule has 0 saturated carbocycles. The van der Waals surface area contributed by atoms with E-state index in [1.807, 2.05) is 12.1 Å². The van der Waals surface area contributed by atoms with Crippen molar-refractivity contribution in [1.82, 2.24) is 20.2 Å². The lowest BCUT2D eigenvalue weighted by Gasteiger charge is -2.23. The zero-order valence-electron chi connectivity index (χ0n) is 20.3. The molecule has 4 heterocycles. The Morgan fingerprint density at radius 3 is 2.89 bits per heavy atom. The lowest BCUT2D eigenvalue weighted by molar-refractivity contribution is -0.615. The number of hydrogen-bond acceptors (Lipinski definition) is 7. The van der Waals surface area contributed by atoms with Crippen LogP contribution < -0.4 is 15.4 Å². The SMILES string of the molecule is CC(NC(=O)CN1Cc2ccc(-c3nc(NC4CCOCC4)ncc3Cl)cc2C1=O)c1cccc[n+]1[O-]. The molecule has 2 aliphatic heterocycles. The van der Waals surface area contributed by atoms with E-state index in [0.717, 1.165) is 18.4 Å². The summed E-state index contributed by atoms with van der Waals surface area (Å²) in [6.45, 7) is 3.32. The van der Waals surface area contributed by atoms with Crippen LogP contribution >= 0.6 is 11.6 Å². The predicted molar refractivity (Wildman–Crippen MR) is 137 cm³/mol. The Labute approximate surface area is 219 Å². The van der Waals surface area contributed by atoms with Crippen molar-refractivity contribution in [2.75, 3.05) is 25.1 Å². The Bertz CT molecular complexity index is 1330. The molecule has 11 heteroatoms. The number of aromatic nitrogens is 3. The minimum absolute atomic E-state index is 0.119. The van der Waals surface area contributed by atoms with Gasteiger partial charge in [0, 0.05) is 49.1 Å². The number of nitrogens with zero attached hydrogens (tertiary/aromatic N) is 4. The van der Waals surface area contributed by atoms with Gasteiger partial charge in [-0.1, -0.05) is 23.7 Å². The van der Waals surface area contributed by atoms with E-state index in [2.05, 4.69) is 20.6 Å². The largest absolute Gasteiger partial charge is 0.618 e. The molecule has 0 spiro atoms. The number of hydrogen-bond donors (Lipinski definition) is 2. The molecule has 0 aliphatic carbocycles. The third-order valence-electron chi connectivity index (χ3n) is 6.57. The van der Waals surface area contributed by atoms with Gasteiger partial charge in [-0.05, 0) is 37.5 Å². The molecule has 1 aromatic carbocycles. The average molecular weight is 523 g/mol. The molecule has 2 aromatic heterocycles. The predicted octanol–water partition coefficient (Wildman–Crippen LogP) is 2.85. The van der Waals surface area contributed by atoms with E-state index in [4.69, 9.17) is 16.3 Å². The topological polar surface area (TPSA) is 123 Å². The van der Waals surface area contributed by atoms with Crippen LogP contribution in [-0.2, 0) is 16.1 Å². The molecule has 1 atom stereocenters. The Hall–Kier alpha value is -3.76. The molecule has 2 N–H and O–H groups in total. The lowest BCUT2D eigenvalue weighted by atomic mass is 10.0. The van der Waals surface area contributed by atoms with Gasteiger partial charge in [-0.3, -0.25) is 9.59 Å². The summed E-state index contributed by atoms with van der Waals surface area (Å²) in [7, 11) is 0. The monoisotopic (exact) mass is 522 g/mol. The molecule has 37 heavy (non-hydrogen) atoms. The van der Waals surface area contributed by atoms with Crippen LogP contribution in [0.4, 0.5) is 5.95 Å². The van der Waals surface area contributed by atoms with Crippen molar-refractivity contribution in [2.24, 2.45) is 0 Å². The number of ether oxygens (including phenoxy) is 1. The van der Waals surface area contributed by atoms with E-state index in [-0.39, 0.29) is 24.4 Å². The first kappa shape index (κ1) is 24.9. The number of halogens is 1. The van der Waals surface area contributed by atoms with Crippen molar-refractivity contribution in [3.05, 3.63) is 75.8 Å². The van der Waals surface area contributed by atoms with Crippen LogP contribution in [0.1, 0.15) is 47.4 Å². The first-order valence-corrected chi connectivity index (χ1v) is 12.5. The van der Waals surface area contributed by atoms with Gasteiger partial charge >= 0.3 is 0 Å². The molecule has 2 aliphatic rings. The smallest absolute Gasteiger partial charge is 0.254 e. The fourth-order valence-corrected chi connectivity index (χ4v) is 4.81. The van der Waals surface area contributed by atoms with Crippen LogP contribution in [0.2, 0.25) is 5.02 Å². The number of nitrogens with one attached hydrogen (secondary N) is 2. The second-order valence-electron chi connectivity index (χ2n) is 9.19. The second-order valence-corrected chi connectivity index (χ2v) is 9.60. The van der Waals surface area contributed by atoms with Gasteiger partial charge in [0.1, 0.15) is 12.6 Å². The molecule has 1 fully saturated rings. The second kappa shape index (κ2) is 10.7. The maximum atomic E-state index is 13.1. The average Bonchev–Trinajstić information content (AvgIpc) is 3.20. The van der Waals surface area contributed by atoms with Crippen molar-refractivity contribution < 1.29 is 19.1 Å². The molecule has 3 aromatic rings. The summed E-state index contributed by atoms with van der Waals surface area (Å²) >= 11 is 6.42. The van der Waals surface area contributed by atoms with E-state index in [9.17, 15) is 14.8 Å². The Morgan fingerprint density at radius 2 is 2.11 bits per heavy atom. The third-order valence-corrected chi connectivity index (χ3v) is 6.85. The van der Waals surface area contributed by atoms with Crippen molar-refractivity contribution in [3.8, 4) is 11.3 Å². The van der Waals surface area contributed by atoms with Gasteiger partial charge in [0.05, 0.1) is 16.9 Å². The highest BCUT2D eigenvalue weighted by Crippen LogP contribution is 2.31. The molecule has 0 bridgehead atoms. The Balaban J connectivity index is 1.27. The molecule has 10 nitrogen and oxygen atoms in total. The van der Waals surface area contributed by atoms with Crippen molar-refractivity contribution in [2.45, 2.75) is 38.4 Å².